The summed E-state index contributed by atoms with van der Waals surface area (Å²) in [5.74, 6) is 1.41. The van der Waals surface area contributed by atoms with Crippen molar-refractivity contribution >= 4 is 0 Å². The molecule has 0 aromatic heterocycles. The fourth-order valence-electron chi connectivity index (χ4n) is 2.29. The van der Waals surface area contributed by atoms with Crippen LogP contribution in [0.4, 0.5) is 0 Å². The summed E-state index contributed by atoms with van der Waals surface area (Å²) in [4.78, 5) is 0. The topological polar surface area (TPSA) is 20.2 Å². The molecule has 1 N–H and O–H groups in total. The second-order valence-corrected chi connectivity index (χ2v) is 3.51. The zero-order chi connectivity index (χ0) is 6.97. The fourth-order valence-corrected chi connectivity index (χ4v) is 2.29. The highest BCUT2D eigenvalue weighted by atomic mass is 16.3. The lowest BCUT2D eigenvalue weighted by molar-refractivity contribution is 0.117. The van der Waals surface area contributed by atoms with E-state index in [-0.39, 0.29) is 6.10 Å². The van der Waals surface area contributed by atoms with Crippen molar-refractivity contribution in [3.8, 4) is 0 Å². The van der Waals surface area contributed by atoms with Crippen molar-refractivity contribution in [3.05, 3.63) is 12.2 Å². The summed E-state index contributed by atoms with van der Waals surface area (Å²) in [6.07, 6.45) is 9.10. The Hall–Kier alpha value is -0.300. The Labute approximate surface area is 61.8 Å². The Morgan fingerprint density at radius 1 is 1.10 bits per heavy atom. The Bertz CT molecular complexity index is 151. The molecule has 56 valence electrons. The normalized spacial score (nSPS) is 45.5. The molecule has 0 spiro atoms. The molecule has 1 fully saturated rings. The number of rotatable bonds is 0. The Morgan fingerprint density at radius 3 is 2.70 bits per heavy atom. The number of fused-ring (bicyclic) bond motifs is 1. The molecule has 2 aliphatic rings. The zero-order valence-electron chi connectivity index (χ0n) is 6.16. The van der Waals surface area contributed by atoms with Crippen molar-refractivity contribution in [1.82, 2.24) is 0 Å². The smallest absolute Gasteiger partial charge is 0.0574 e. The molecule has 0 bridgehead atoms. The van der Waals surface area contributed by atoms with Crippen molar-refractivity contribution in [2.24, 2.45) is 11.8 Å². The van der Waals surface area contributed by atoms with E-state index >= 15 is 0 Å². The minimum Gasteiger partial charge on any atom is -0.393 e. The van der Waals surface area contributed by atoms with E-state index in [0.717, 1.165) is 18.8 Å². The number of aliphatic hydroxyl groups is 1. The predicted octanol–water partition coefficient (Wildman–Crippen LogP) is 1.72. The molecular formula is C9H14O. The summed E-state index contributed by atoms with van der Waals surface area (Å²) in [6.45, 7) is 0. The highest BCUT2D eigenvalue weighted by molar-refractivity contribution is 4.99. The van der Waals surface area contributed by atoms with Crippen LogP contribution in [0.2, 0.25) is 0 Å². The molecule has 0 aromatic carbocycles. The van der Waals surface area contributed by atoms with Crippen LogP contribution in [0.5, 0.6) is 0 Å². The molecule has 10 heavy (non-hydrogen) atoms. The van der Waals surface area contributed by atoms with Crippen LogP contribution in [-0.4, -0.2) is 11.2 Å². The highest BCUT2D eigenvalue weighted by Crippen LogP contribution is 2.39. The maximum Gasteiger partial charge on any atom is 0.0574 e. The SMILES string of the molecule is O[C@H]1CC[C@@H]2CC=CC[C@@H]21. The van der Waals surface area contributed by atoms with Gasteiger partial charge in [0.05, 0.1) is 6.10 Å². The van der Waals surface area contributed by atoms with E-state index in [1.807, 2.05) is 0 Å². The van der Waals surface area contributed by atoms with Gasteiger partial charge in [0, 0.05) is 0 Å². The van der Waals surface area contributed by atoms with Gasteiger partial charge in [-0.1, -0.05) is 12.2 Å². The van der Waals surface area contributed by atoms with Crippen LogP contribution in [0.15, 0.2) is 12.2 Å². The maximum atomic E-state index is 9.49. The molecule has 1 nitrogen and oxygen atoms in total. The van der Waals surface area contributed by atoms with Crippen molar-refractivity contribution in [2.45, 2.75) is 31.8 Å². The third-order valence-corrected chi connectivity index (χ3v) is 2.95. The lowest BCUT2D eigenvalue weighted by Gasteiger charge is -2.22. The molecule has 2 aliphatic carbocycles. The van der Waals surface area contributed by atoms with Gasteiger partial charge in [-0.2, -0.15) is 0 Å². The third-order valence-electron chi connectivity index (χ3n) is 2.95. The van der Waals surface area contributed by atoms with Crippen LogP contribution in [0.3, 0.4) is 0 Å². The van der Waals surface area contributed by atoms with E-state index in [1.165, 1.54) is 12.8 Å². The van der Waals surface area contributed by atoms with E-state index in [9.17, 15) is 5.11 Å². The molecule has 0 unspecified atom stereocenters. The summed E-state index contributed by atoms with van der Waals surface area (Å²) < 4.78 is 0. The third kappa shape index (κ3) is 0.891. The van der Waals surface area contributed by atoms with Crippen molar-refractivity contribution in [2.75, 3.05) is 0 Å². The van der Waals surface area contributed by atoms with Gasteiger partial charge in [-0.15, -0.1) is 0 Å². The van der Waals surface area contributed by atoms with E-state index in [0.29, 0.717) is 5.92 Å². The van der Waals surface area contributed by atoms with Gasteiger partial charge in [-0.25, -0.2) is 0 Å². The first kappa shape index (κ1) is 6.41. The fraction of sp³-hybridized carbons (Fsp3) is 0.778. The lowest BCUT2D eigenvalue weighted by Crippen LogP contribution is -2.19. The molecule has 2 rings (SSSR count). The largest absolute Gasteiger partial charge is 0.393 e. The van der Waals surface area contributed by atoms with Gasteiger partial charge in [0.15, 0.2) is 0 Å². The zero-order valence-corrected chi connectivity index (χ0v) is 6.16. The molecule has 0 amide bonds. The Balaban J connectivity index is 2.10. The summed E-state index contributed by atoms with van der Waals surface area (Å²) in [5.41, 5.74) is 0. The van der Waals surface area contributed by atoms with Crippen LogP contribution in [0.25, 0.3) is 0 Å². The van der Waals surface area contributed by atoms with E-state index in [1.54, 1.807) is 0 Å². The summed E-state index contributed by atoms with van der Waals surface area (Å²) in [6, 6.07) is 0. The molecule has 0 aliphatic heterocycles. The minimum absolute atomic E-state index is 0.00921. The second-order valence-electron chi connectivity index (χ2n) is 3.51. The number of hydrogen-bond donors (Lipinski definition) is 1. The van der Waals surface area contributed by atoms with Gasteiger partial charge in [0.2, 0.25) is 0 Å². The van der Waals surface area contributed by atoms with Gasteiger partial charge in [-0.05, 0) is 37.5 Å². The van der Waals surface area contributed by atoms with E-state index < -0.39 is 0 Å². The summed E-state index contributed by atoms with van der Waals surface area (Å²) in [7, 11) is 0. The molecule has 0 saturated heterocycles. The maximum absolute atomic E-state index is 9.49. The number of allylic oxidation sites excluding steroid dienone is 2. The quantitative estimate of drug-likeness (QED) is 0.505. The van der Waals surface area contributed by atoms with Gasteiger partial charge < -0.3 is 5.11 Å². The highest BCUT2D eigenvalue weighted by Gasteiger charge is 2.34. The van der Waals surface area contributed by atoms with Crippen LogP contribution in [-0.2, 0) is 0 Å². The molecular weight excluding hydrogens is 124 g/mol. The van der Waals surface area contributed by atoms with Gasteiger partial charge >= 0.3 is 0 Å². The number of aliphatic hydroxyl groups excluding tert-OH is 1. The van der Waals surface area contributed by atoms with E-state index in [2.05, 4.69) is 12.2 Å². The summed E-state index contributed by atoms with van der Waals surface area (Å²) in [5, 5.41) is 9.49. The lowest BCUT2D eigenvalue weighted by atomic mass is 9.85. The monoisotopic (exact) mass is 138 g/mol. The van der Waals surface area contributed by atoms with Gasteiger partial charge in [-0.3, -0.25) is 0 Å². The van der Waals surface area contributed by atoms with Crippen molar-refractivity contribution in [1.29, 1.82) is 0 Å². The van der Waals surface area contributed by atoms with Gasteiger partial charge in [0.1, 0.15) is 0 Å². The average Bonchev–Trinajstić information content (AvgIpc) is 2.34. The molecule has 3 atom stereocenters. The molecule has 0 radical (unpaired) electrons. The van der Waals surface area contributed by atoms with Crippen LogP contribution >= 0.6 is 0 Å². The first-order valence-electron chi connectivity index (χ1n) is 4.21. The predicted molar refractivity (Wildman–Crippen MR) is 40.6 cm³/mol. The minimum atomic E-state index is 0.00921. The average molecular weight is 138 g/mol. The van der Waals surface area contributed by atoms with E-state index in [4.69, 9.17) is 0 Å². The Morgan fingerprint density at radius 2 is 1.90 bits per heavy atom. The van der Waals surface area contributed by atoms with Crippen molar-refractivity contribution < 1.29 is 5.11 Å². The second kappa shape index (κ2) is 2.39. The summed E-state index contributed by atoms with van der Waals surface area (Å²) >= 11 is 0. The molecule has 1 saturated carbocycles. The molecule has 1 heteroatoms. The van der Waals surface area contributed by atoms with Crippen LogP contribution in [0, 0.1) is 11.8 Å². The molecule has 0 aromatic rings. The number of hydrogen-bond acceptors (Lipinski definition) is 1. The first-order valence-corrected chi connectivity index (χ1v) is 4.21. The van der Waals surface area contributed by atoms with Crippen molar-refractivity contribution in [3.63, 3.8) is 0 Å². The van der Waals surface area contributed by atoms with Gasteiger partial charge in [0.25, 0.3) is 0 Å². The molecule has 0 heterocycles. The first-order chi connectivity index (χ1) is 4.88. The van der Waals surface area contributed by atoms with Crippen LogP contribution in [0.1, 0.15) is 25.7 Å². The van der Waals surface area contributed by atoms with Crippen LogP contribution < -0.4 is 0 Å². The standard InChI is InChI=1S/C9H14O/c10-9-6-5-7-3-1-2-4-8(7)9/h1-2,7-10H,3-6H2/t7-,8-,9-/m0/s1. The Kier molecular flexibility index (Phi) is 1.53.